The summed E-state index contributed by atoms with van der Waals surface area (Å²) in [5.41, 5.74) is 2.39. The van der Waals surface area contributed by atoms with Crippen LogP contribution in [-0.2, 0) is 11.3 Å². The van der Waals surface area contributed by atoms with Crippen molar-refractivity contribution in [2.24, 2.45) is 0 Å². The van der Waals surface area contributed by atoms with E-state index in [9.17, 15) is 0 Å². The second kappa shape index (κ2) is 3.32. The standard InChI is InChI=1S/C8H11NO/c1-7-5-9-4-3-8(7)6-10-2/h3-5H,6H2,1-2H3. The van der Waals surface area contributed by atoms with Crippen molar-refractivity contribution < 1.29 is 4.74 Å². The number of hydrogen-bond donors (Lipinski definition) is 0. The summed E-state index contributed by atoms with van der Waals surface area (Å²) < 4.78 is 4.98. The van der Waals surface area contributed by atoms with Crippen molar-refractivity contribution in [3.63, 3.8) is 0 Å². The van der Waals surface area contributed by atoms with Gasteiger partial charge in [-0.25, -0.2) is 0 Å². The molecule has 0 aliphatic rings. The SMILES string of the molecule is COCc1ccncc1C. The molecule has 1 heterocycles. The summed E-state index contributed by atoms with van der Waals surface area (Å²) in [6, 6.07) is 1.97. The Balaban J connectivity index is 2.81. The number of nitrogens with zero attached hydrogens (tertiary/aromatic N) is 1. The number of ether oxygens (including phenoxy) is 1. The largest absolute Gasteiger partial charge is 0.380 e. The molecule has 0 unspecified atom stereocenters. The quantitative estimate of drug-likeness (QED) is 0.616. The lowest BCUT2D eigenvalue weighted by Crippen LogP contribution is -1.91. The van der Waals surface area contributed by atoms with E-state index >= 15 is 0 Å². The van der Waals surface area contributed by atoms with Gasteiger partial charge in [0, 0.05) is 19.5 Å². The molecule has 0 amide bonds. The van der Waals surface area contributed by atoms with Gasteiger partial charge >= 0.3 is 0 Å². The van der Waals surface area contributed by atoms with Crippen LogP contribution in [0.5, 0.6) is 0 Å². The molecule has 0 aliphatic carbocycles. The first kappa shape index (κ1) is 7.22. The van der Waals surface area contributed by atoms with Crippen LogP contribution in [0.4, 0.5) is 0 Å². The van der Waals surface area contributed by atoms with Crippen molar-refractivity contribution in [2.45, 2.75) is 13.5 Å². The van der Waals surface area contributed by atoms with Crippen LogP contribution in [0.15, 0.2) is 18.5 Å². The van der Waals surface area contributed by atoms with Crippen LogP contribution in [-0.4, -0.2) is 12.1 Å². The second-order valence-electron chi connectivity index (χ2n) is 2.24. The van der Waals surface area contributed by atoms with E-state index in [1.807, 2.05) is 19.2 Å². The highest BCUT2D eigenvalue weighted by atomic mass is 16.5. The molecule has 1 rings (SSSR count). The highest BCUT2D eigenvalue weighted by Crippen LogP contribution is 2.04. The van der Waals surface area contributed by atoms with Crippen LogP contribution < -0.4 is 0 Å². The molecule has 1 aromatic rings. The van der Waals surface area contributed by atoms with Crippen LogP contribution in [0.2, 0.25) is 0 Å². The van der Waals surface area contributed by atoms with E-state index in [2.05, 4.69) is 4.98 Å². The van der Waals surface area contributed by atoms with Gasteiger partial charge in [-0.3, -0.25) is 4.98 Å². The second-order valence-corrected chi connectivity index (χ2v) is 2.24. The van der Waals surface area contributed by atoms with E-state index in [1.54, 1.807) is 13.3 Å². The van der Waals surface area contributed by atoms with Gasteiger partial charge in [-0.2, -0.15) is 0 Å². The Morgan fingerprint density at radius 2 is 2.40 bits per heavy atom. The fourth-order valence-electron chi connectivity index (χ4n) is 0.820. The number of rotatable bonds is 2. The maximum Gasteiger partial charge on any atom is 0.0716 e. The monoisotopic (exact) mass is 137 g/mol. The smallest absolute Gasteiger partial charge is 0.0716 e. The lowest BCUT2D eigenvalue weighted by Gasteiger charge is -2.01. The molecule has 0 aliphatic heterocycles. The molecule has 0 N–H and O–H groups in total. The average molecular weight is 137 g/mol. The molecule has 2 heteroatoms. The topological polar surface area (TPSA) is 22.1 Å². The molecular weight excluding hydrogens is 126 g/mol. The molecule has 1 aromatic heterocycles. The highest BCUT2D eigenvalue weighted by Gasteiger charge is 1.93. The maximum atomic E-state index is 4.98. The number of aromatic nitrogens is 1. The molecular formula is C8H11NO. The molecule has 2 nitrogen and oxygen atoms in total. The highest BCUT2D eigenvalue weighted by molar-refractivity contribution is 5.20. The van der Waals surface area contributed by atoms with E-state index in [1.165, 1.54) is 11.1 Å². The third-order valence-corrected chi connectivity index (χ3v) is 1.44. The van der Waals surface area contributed by atoms with Gasteiger partial charge in [0.15, 0.2) is 0 Å². The Kier molecular flexibility index (Phi) is 2.40. The molecule has 54 valence electrons. The van der Waals surface area contributed by atoms with Crippen molar-refractivity contribution in [1.82, 2.24) is 4.98 Å². The van der Waals surface area contributed by atoms with Gasteiger partial charge in [-0.05, 0) is 24.1 Å². The predicted octanol–water partition coefficient (Wildman–Crippen LogP) is 1.54. The summed E-state index contributed by atoms with van der Waals surface area (Å²) in [4.78, 5) is 3.97. The van der Waals surface area contributed by atoms with E-state index in [0.717, 1.165) is 0 Å². The first-order chi connectivity index (χ1) is 4.84. The predicted molar refractivity (Wildman–Crippen MR) is 39.7 cm³/mol. The van der Waals surface area contributed by atoms with E-state index in [4.69, 9.17) is 4.74 Å². The first-order valence-electron chi connectivity index (χ1n) is 3.23. The molecule has 0 saturated carbocycles. The third kappa shape index (κ3) is 1.54. The Labute approximate surface area is 60.9 Å². The summed E-state index contributed by atoms with van der Waals surface area (Å²) in [6.45, 7) is 2.70. The van der Waals surface area contributed by atoms with Gasteiger partial charge in [0.25, 0.3) is 0 Å². The van der Waals surface area contributed by atoms with Crippen LogP contribution in [0.25, 0.3) is 0 Å². The van der Waals surface area contributed by atoms with Crippen molar-refractivity contribution in [3.05, 3.63) is 29.6 Å². The zero-order chi connectivity index (χ0) is 7.40. The molecule has 0 bridgehead atoms. The number of methoxy groups -OCH3 is 1. The molecule has 10 heavy (non-hydrogen) atoms. The van der Waals surface area contributed by atoms with Gasteiger partial charge in [0.2, 0.25) is 0 Å². The van der Waals surface area contributed by atoms with Crippen LogP contribution in [0.1, 0.15) is 11.1 Å². The number of pyridine rings is 1. The van der Waals surface area contributed by atoms with Gasteiger partial charge in [0.05, 0.1) is 6.61 Å². The fraction of sp³-hybridized carbons (Fsp3) is 0.375. The summed E-state index contributed by atoms with van der Waals surface area (Å²) in [7, 11) is 1.69. The summed E-state index contributed by atoms with van der Waals surface area (Å²) in [5.74, 6) is 0. The normalized spacial score (nSPS) is 9.80. The molecule has 0 atom stereocenters. The molecule has 0 saturated heterocycles. The first-order valence-corrected chi connectivity index (χ1v) is 3.23. The van der Waals surface area contributed by atoms with Gasteiger partial charge in [-0.15, -0.1) is 0 Å². The molecule has 0 fully saturated rings. The minimum Gasteiger partial charge on any atom is -0.380 e. The van der Waals surface area contributed by atoms with E-state index in [-0.39, 0.29) is 0 Å². The maximum absolute atomic E-state index is 4.98. The minimum atomic E-state index is 0.675. The number of aryl methyl sites for hydroxylation is 1. The number of hydrogen-bond acceptors (Lipinski definition) is 2. The fourth-order valence-corrected chi connectivity index (χ4v) is 0.820. The Bertz CT molecular complexity index is 210. The molecule has 0 spiro atoms. The van der Waals surface area contributed by atoms with Crippen molar-refractivity contribution >= 4 is 0 Å². The Morgan fingerprint density at radius 3 is 3.00 bits per heavy atom. The third-order valence-electron chi connectivity index (χ3n) is 1.44. The van der Waals surface area contributed by atoms with Crippen molar-refractivity contribution in [3.8, 4) is 0 Å². The Morgan fingerprint density at radius 1 is 1.60 bits per heavy atom. The van der Waals surface area contributed by atoms with Gasteiger partial charge < -0.3 is 4.74 Å². The van der Waals surface area contributed by atoms with Crippen molar-refractivity contribution in [2.75, 3.05) is 7.11 Å². The van der Waals surface area contributed by atoms with Gasteiger partial charge in [-0.1, -0.05) is 0 Å². The van der Waals surface area contributed by atoms with E-state index < -0.39 is 0 Å². The summed E-state index contributed by atoms with van der Waals surface area (Å²) >= 11 is 0. The van der Waals surface area contributed by atoms with E-state index in [0.29, 0.717) is 6.61 Å². The van der Waals surface area contributed by atoms with Crippen LogP contribution >= 0.6 is 0 Å². The average Bonchev–Trinajstić information content (AvgIpc) is 1.94. The summed E-state index contributed by atoms with van der Waals surface area (Å²) in [6.07, 6.45) is 3.62. The summed E-state index contributed by atoms with van der Waals surface area (Å²) in [5, 5.41) is 0. The zero-order valence-corrected chi connectivity index (χ0v) is 6.29. The molecule has 0 aromatic carbocycles. The van der Waals surface area contributed by atoms with Crippen molar-refractivity contribution in [1.29, 1.82) is 0 Å². The lowest BCUT2D eigenvalue weighted by atomic mass is 10.2. The molecule has 0 radical (unpaired) electrons. The van der Waals surface area contributed by atoms with Crippen LogP contribution in [0.3, 0.4) is 0 Å². The van der Waals surface area contributed by atoms with Gasteiger partial charge in [0.1, 0.15) is 0 Å². The lowest BCUT2D eigenvalue weighted by molar-refractivity contribution is 0.184. The van der Waals surface area contributed by atoms with Crippen LogP contribution in [0, 0.1) is 6.92 Å². The zero-order valence-electron chi connectivity index (χ0n) is 6.29. The Hall–Kier alpha value is -0.890. The minimum absolute atomic E-state index is 0.675.